The first-order valence-electron chi connectivity index (χ1n) is 7.58. The molecule has 1 rings (SSSR count). The number of methoxy groups -OCH3 is 1. The summed E-state index contributed by atoms with van der Waals surface area (Å²) in [5.74, 6) is 0. The van der Waals surface area contributed by atoms with Gasteiger partial charge in [-0.25, -0.2) is 0 Å². The SMILES string of the molecule is CCCCN1CCC(NCCC(C)(C)OC)CC1. The highest BCUT2D eigenvalue weighted by atomic mass is 16.5. The van der Waals surface area contributed by atoms with E-state index in [1.807, 2.05) is 0 Å². The third-order valence-electron chi connectivity index (χ3n) is 4.13. The maximum Gasteiger partial charge on any atom is 0.0634 e. The van der Waals surface area contributed by atoms with E-state index in [4.69, 9.17) is 4.74 Å². The average molecular weight is 256 g/mol. The second-order valence-electron chi connectivity index (χ2n) is 6.14. The first kappa shape index (κ1) is 15.9. The smallest absolute Gasteiger partial charge is 0.0634 e. The lowest BCUT2D eigenvalue weighted by Crippen LogP contribution is -2.44. The van der Waals surface area contributed by atoms with Crippen molar-refractivity contribution in [2.45, 2.75) is 64.5 Å². The third-order valence-corrected chi connectivity index (χ3v) is 4.13. The van der Waals surface area contributed by atoms with Crippen molar-refractivity contribution in [1.29, 1.82) is 0 Å². The van der Waals surface area contributed by atoms with Crippen LogP contribution in [0.15, 0.2) is 0 Å². The van der Waals surface area contributed by atoms with Gasteiger partial charge in [-0.05, 0) is 65.7 Å². The molecular formula is C15H32N2O. The fourth-order valence-corrected chi connectivity index (χ4v) is 2.42. The van der Waals surface area contributed by atoms with Crippen LogP contribution in [0.1, 0.15) is 52.9 Å². The lowest BCUT2D eigenvalue weighted by atomic mass is 10.0. The molecule has 0 spiro atoms. The molecular weight excluding hydrogens is 224 g/mol. The number of hydrogen-bond donors (Lipinski definition) is 1. The molecule has 0 unspecified atom stereocenters. The normalized spacial score (nSPS) is 19.3. The van der Waals surface area contributed by atoms with Crippen molar-refractivity contribution in [2.75, 3.05) is 33.3 Å². The number of nitrogens with zero attached hydrogens (tertiary/aromatic N) is 1. The summed E-state index contributed by atoms with van der Waals surface area (Å²) in [6.07, 6.45) is 6.35. The molecule has 0 bridgehead atoms. The molecule has 0 atom stereocenters. The maximum atomic E-state index is 5.44. The van der Waals surface area contributed by atoms with Crippen molar-refractivity contribution in [3.8, 4) is 0 Å². The minimum atomic E-state index is 0.00876. The first-order chi connectivity index (χ1) is 8.57. The van der Waals surface area contributed by atoms with Crippen molar-refractivity contribution in [1.82, 2.24) is 10.2 Å². The van der Waals surface area contributed by atoms with Gasteiger partial charge in [0.2, 0.25) is 0 Å². The molecule has 1 heterocycles. The molecule has 0 saturated carbocycles. The highest BCUT2D eigenvalue weighted by Gasteiger charge is 2.20. The summed E-state index contributed by atoms with van der Waals surface area (Å²) < 4.78 is 5.44. The van der Waals surface area contributed by atoms with Gasteiger partial charge in [-0.15, -0.1) is 0 Å². The topological polar surface area (TPSA) is 24.5 Å². The van der Waals surface area contributed by atoms with Gasteiger partial charge in [0, 0.05) is 13.2 Å². The average Bonchev–Trinajstić information content (AvgIpc) is 2.38. The van der Waals surface area contributed by atoms with E-state index in [9.17, 15) is 0 Å². The van der Waals surface area contributed by atoms with Crippen LogP contribution in [-0.4, -0.2) is 49.8 Å². The summed E-state index contributed by atoms with van der Waals surface area (Å²) in [5, 5.41) is 3.68. The van der Waals surface area contributed by atoms with Crippen molar-refractivity contribution in [3.63, 3.8) is 0 Å². The molecule has 1 aliphatic heterocycles. The zero-order valence-electron chi connectivity index (χ0n) is 12.8. The Labute approximate surface area is 113 Å². The number of piperidine rings is 1. The van der Waals surface area contributed by atoms with Gasteiger partial charge in [0.15, 0.2) is 0 Å². The molecule has 3 nitrogen and oxygen atoms in total. The highest BCUT2D eigenvalue weighted by Crippen LogP contribution is 2.14. The van der Waals surface area contributed by atoms with Crippen LogP contribution in [0.4, 0.5) is 0 Å². The van der Waals surface area contributed by atoms with Gasteiger partial charge in [-0.1, -0.05) is 13.3 Å². The van der Waals surface area contributed by atoms with E-state index in [2.05, 4.69) is 31.0 Å². The third kappa shape index (κ3) is 6.17. The fraction of sp³-hybridized carbons (Fsp3) is 1.00. The van der Waals surface area contributed by atoms with Gasteiger partial charge in [0.25, 0.3) is 0 Å². The van der Waals surface area contributed by atoms with Crippen LogP contribution >= 0.6 is 0 Å². The van der Waals surface area contributed by atoms with E-state index >= 15 is 0 Å². The molecule has 0 amide bonds. The molecule has 18 heavy (non-hydrogen) atoms. The molecule has 108 valence electrons. The lowest BCUT2D eigenvalue weighted by molar-refractivity contribution is 0.0148. The van der Waals surface area contributed by atoms with Gasteiger partial charge in [0.05, 0.1) is 5.60 Å². The van der Waals surface area contributed by atoms with Gasteiger partial charge in [0.1, 0.15) is 0 Å². The molecule has 0 aromatic heterocycles. The summed E-state index contributed by atoms with van der Waals surface area (Å²) in [6, 6.07) is 0.718. The molecule has 1 saturated heterocycles. The molecule has 3 heteroatoms. The Morgan fingerprint density at radius 3 is 2.50 bits per heavy atom. The van der Waals surface area contributed by atoms with Crippen LogP contribution in [0.3, 0.4) is 0 Å². The van der Waals surface area contributed by atoms with E-state index in [1.165, 1.54) is 45.3 Å². The summed E-state index contributed by atoms with van der Waals surface area (Å²) in [7, 11) is 1.80. The zero-order valence-corrected chi connectivity index (χ0v) is 12.8. The van der Waals surface area contributed by atoms with E-state index < -0.39 is 0 Å². The number of likely N-dealkylation sites (tertiary alicyclic amines) is 1. The summed E-state index contributed by atoms with van der Waals surface area (Å²) in [4.78, 5) is 2.61. The number of unbranched alkanes of at least 4 members (excludes halogenated alkanes) is 1. The Hall–Kier alpha value is -0.120. The number of hydrogen-bond acceptors (Lipinski definition) is 3. The second kappa shape index (κ2) is 8.13. The number of ether oxygens (including phenoxy) is 1. The van der Waals surface area contributed by atoms with Crippen molar-refractivity contribution >= 4 is 0 Å². The van der Waals surface area contributed by atoms with Gasteiger partial charge in [-0.2, -0.15) is 0 Å². The molecule has 1 fully saturated rings. The van der Waals surface area contributed by atoms with E-state index in [-0.39, 0.29) is 5.60 Å². The molecule has 0 radical (unpaired) electrons. The lowest BCUT2D eigenvalue weighted by Gasteiger charge is -2.33. The Morgan fingerprint density at radius 1 is 1.28 bits per heavy atom. The second-order valence-corrected chi connectivity index (χ2v) is 6.14. The van der Waals surface area contributed by atoms with Gasteiger partial charge >= 0.3 is 0 Å². The van der Waals surface area contributed by atoms with Crippen molar-refractivity contribution in [2.24, 2.45) is 0 Å². The Bertz CT molecular complexity index is 211. The molecule has 0 aromatic rings. The minimum Gasteiger partial charge on any atom is -0.379 e. The molecule has 0 aliphatic carbocycles. The Kier molecular flexibility index (Phi) is 7.20. The molecule has 0 aromatic carbocycles. The van der Waals surface area contributed by atoms with Crippen LogP contribution in [-0.2, 0) is 4.74 Å². The Balaban J connectivity index is 2.09. The standard InChI is InChI=1S/C15H32N2O/c1-5-6-11-17-12-7-14(8-13-17)16-10-9-15(2,3)18-4/h14,16H,5-13H2,1-4H3. The zero-order chi connectivity index (χ0) is 13.4. The van der Waals surface area contributed by atoms with E-state index in [0.29, 0.717) is 0 Å². The summed E-state index contributed by atoms with van der Waals surface area (Å²) in [6.45, 7) is 11.5. The maximum absolute atomic E-state index is 5.44. The largest absolute Gasteiger partial charge is 0.379 e. The van der Waals surface area contributed by atoms with Crippen LogP contribution in [0.25, 0.3) is 0 Å². The van der Waals surface area contributed by atoms with Crippen LogP contribution in [0.5, 0.6) is 0 Å². The van der Waals surface area contributed by atoms with Crippen molar-refractivity contribution in [3.05, 3.63) is 0 Å². The van der Waals surface area contributed by atoms with Crippen LogP contribution in [0.2, 0.25) is 0 Å². The quantitative estimate of drug-likeness (QED) is 0.722. The fourth-order valence-electron chi connectivity index (χ4n) is 2.42. The molecule has 1 N–H and O–H groups in total. The first-order valence-corrected chi connectivity index (χ1v) is 7.58. The van der Waals surface area contributed by atoms with Crippen molar-refractivity contribution < 1.29 is 4.74 Å². The van der Waals surface area contributed by atoms with Crippen LogP contribution < -0.4 is 5.32 Å². The molecule has 1 aliphatic rings. The van der Waals surface area contributed by atoms with E-state index in [0.717, 1.165) is 19.0 Å². The van der Waals surface area contributed by atoms with E-state index in [1.54, 1.807) is 7.11 Å². The predicted octanol–water partition coefficient (Wildman–Crippen LogP) is 2.66. The monoisotopic (exact) mass is 256 g/mol. The minimum absolute atomic E-state index is 0.00876. The Morgan fingerprint density at radius 2 is 1.94 bits per heavy atom. The highest BCUT2D eigenvalue weighted by molar-refractivity contribution is 4.78. The van der Waals surface area contributed by atoms with Gasteiger partial charge in [-0.3, -0.25) is 0 Å². The number of rotatable bonds is 8. The van der Waals surface area contributed by atoms with Crippen LogP contribution in [0, 0.1) is 0 Å². The predicted molar refractivity (Wildman–Crippen MR) is 78.1 cm³/mol. The summed E-state index contributed by atoms with van der Waals surface area (Å²) >= 11 is 0. The number of nitrogens with one attached hydrogen (secondary N) is 1. The summed E-state index contributed by atoms with van der Waals surface area (Å²) in [5.41, 5.74) is 0.00876. The van der Waals surface area contributed by atoms with Gasteiger partial charge < -0.3 is 15.0 Å².